The average Bonchev–Trinajstić information content (AvgIpc) is 2.13. The number of nitrogens with zero attached hydrogens (tertiary/aromatic N) is 1. The fourth-order valence-corrected chi connectivity index (χ4v) is 1.42. The molecule has 2 unspecified atom stereocenters. The number of nitriles is 1. The van der Waals surface area contributed by atoms with E-state index in [1.165, 1.54) is 7.11 Å². The molecule has 0 aliphatic heterocycles. The molecule has 13 heavy (non-hydrogen) atoms. The number of methoxy groups -OCH3 is 1. The lowest BCUT2D eigenvalue weighted by atomic mass is 9.88. The predicted molar refractivity (Wildman–Crippen MR) is 49.8 cm³/mol. The summed E-state index contributed by atoms with van der Waals surface area (Å²) in [6, 6.07) is 2.02. The molecular weight excluding hydrogens is 166 g/mol. The van der Waals surface area contributed by atoms with E-state index in [0.29, 0.717) is 0 Å². The standard InChI is InChI=1S/C10H17NO2/c1-4-5-8(2)9(6-7-11)10(12)13-3/h8-9H,4-6H2,1-3H3. The van der Waals surface area contributed by atoms with Crippen molar-refractivity contribution in [3.63, 3.8) is 0 Å². The third-order valence-corrected chi connectivity index (χ3v) is 2.25. The van der Waals surface area contributed by atoms with Crippen molar-refractivity contribution in [2.24, 2.45) is 11.8 Å². The molecule has 0 amide bonds. The number of ether oxygens (including phenoxy) is 1. The Kier molecular flexibility index (Phi) is 5.96. The van der Waals surface area contributed by atoms with Gasteiger partial charge in [0.05, 0.1) is 19.1 Å². The normalized spacial score (nSPS) is 14.3. The summed E-state index contributed by atoms with van der Waals surface area (Å²) in [5, 5.41) is 8.54. The summed E-state index contributed by atoms with van der Waals surface area (Å²) in [4.78, 5) is 11.2. The maximum atomic E-state index is 11.2. The fourth-order valence-electron chi connectivity index (χ4n) is 1.42. The first kappa shape index (κ1) is 12.0. The molecule has 0 aromatic heterocycles. The summed E-state index contributed by atoms with van der Waals surface area (Å²) in [7, 11) is 1.37. The molecule has 0 saturated carbocycles. The molecule has 0 rings (SSSR count). The van der Waals surface area contributed by atoms with Crippen molar-refractivity contribution in [2.75, 3.05) is 7.11 Å². The molecule has 0 saturated heterocycles. The highest BCUT2D eigenvalue weighted by atomic mass is 16.5. The monoisotopic (exact) mass is 183 g/mol. The zero-order valence-corrected chi connectivity index (χ0v) is 8.54. The van der Waals surface area contributed by atoms with E-state index in [1.807, 2.05) is 13.0 Å². The average molecular weight is 183 g/mol. The van der Waals surface area contributed by atoms with Gasteiger partial charge in [0.15, 0.2) is 0 Å². The van der Waals surface area contributed by atoms with Gasteiger partial charge < -0.3 is 4.74 Å². The highest BCUT2D eigenvalue weighted by Gasteiger charge is 2.24. The first-order valence-electron chi connectivity index (χ1n) is 4.62. The van der Waals surface area contributed by atoms with Crippen LogP contribution in [0, 0.1) is 23.2 Å². The molecule has 0 N–H and O–H groups in total. The van der Waals surface area contributed by atoms with Gasteiger partial charge in [-0.05, 0) is 5.92 Å². The first-order chi connectivity index (χ1) is 6.17. The van der Waals surface area contributed by atoms with Crippen LogP contribution in [0.3, 0.4) is 0 Å². The number of carbonyl (C=O) groups excluding carboxylic acids is 1. The Balaban J connectivity index is 4.24. The van der Waals surface area contributed by atoms with E-state index in [0.717, 1.165) is 12.8 Å². The second kappa shape index (κ2) is 6.47. The minimum Gasteiger partial charge on any atom is -0.469 e. The van der Waals surface area contributed by atoms with Gasteiger partial charge in [0.1, 0.15) is 0 Å². The van der Waals surface area contributed by atoms with Gasteiger partial charge in [-0.3, -0.25) is 4.79 Å². The molecule has 2 atom stereocenters. The Hall–Kier alpha value is -1.04. The predicted octanol–water partition coefficient (Wildman–Crippen LogP) is 2.13. The van der Waals surface area contributed by atoms with E-state index in [2.05, 4.69) is 11.7 Å². The molecule has 74 valence electrons. The van der Waals surface area contributed by atoms with Crippen molar-refractivity contribution in [2.45, 2.75) is 33.1 Å². The van der Waals surface area contributed by atoms with Crippen molar-refractivity contribution in [3.05, 3.63) is 0 Å². The maximum absolute atomic E-state index is 11.2. The Morgan fingerprint density at radius 3 is 2.62 bits per heavy atom. The van der Waals surface area contributed by atoms with Gasteiger partial charge in [-0.2, -0.15) is 5.26 Å². The second-order valence-electron chi connectivity index (χ2n) is 3.26. The lowest BCUT2D eigenvalue weighted by Gasteiger charge is -2.18. The Bertz CT molecular complexity index is 196. The van der Waals surface area contributed by atoms with Crippen LogP contribution >= 0.6 is 0 Å². The Morgan fingerprint density at radius 2 is 2.23 bits per heavy atom. The van der Waals surface area contributed by atoms with Crippen LogP contribution in [0.15, 0.2) is 0 Å². The summed E-state index contributed by atoms with van der Waals surface area (Å²) < 4.78 is 4.64. The summed E-state index contributed by atoms with van der Waals surface area (Å²) in [6.45, 7) is 4.06. The largest absolute Gasteiger partial charge is 0.469 e. The van der Waals surface area contributed by atoms with Crippen molar-refractivity contribution in [1.82, 2.24) is 0 Å². The molecule has 0 bridgehead atoms. The van der Waals surface area contributed by atoms with Gasteiger partial charge in [0.25, 0.3) is 0 Å². The summed E-state index contributed by atoms with van der Waals surface area (Å²) >= 11 is 0. The molecule has 0 aliphatic rings. The molecular formula is C10H17NO2. The zero-order valence-electron chi connectivity index (χ0n) is 8.54. The third-order valence-electron chi connectivity index (χ3n) is 2.25. The molecule has 3 heteroatoms. The highest BCUT2D eigenvalue weighted by Crippen LogP contribution is 2.21. The smallest absolute Gasteiger partial charge is 0.309 e. The lowest BCUT2D eigenvalue weighted by Crippen LogP contribution is -2.22. The number of esters is 1. The van der Waals surface area contributed by atoms with E-state index in [4.69, 9.17) is 5.26 Å². The molecule has 0 spiro atoms. The number of hydrogen-bond donors (Lipinski definition) is 0. The van der Waals surface area contributed by atoms with Crippen molar-refractivity contribution in [1.29, 1.82) is 5.26 Å². The lowest BCUT2D eigenvalue weighted by molar-refractivity contribution is -0.147. The topological polar surface area (TPSA) is 50.1 Å². The van der Waals surface area contributed by atoms with E-state index in [-0.39, 0.29) is 24.2 Å². The quantitative estimate of drug-likeness (QED) is 0.613. The third kappa shape index (κ3) is 3.93. The number of rotatable bonds is 5. The van der Waals surface area contributed by atoms with Crippen LogP contribution in [0.1, 0.15) is 33.1 Å². The Labute approximate surface area is 79.7 Å². The van der Waals surface area contributed by atoms with Crippen LogP contribution in [-0.2, 0) is 9.53 Å². The minimum absolute atomic E-state index is 0.233. The molecule has 0 fully saturated rings. The van der Waals surface area contributed by atoms with Crippen molar-refractivity contribution < 1.29 is 9.53 Å². The minimum atomic E-state index is -0.262. The van der Waals surface area contributed by atoms with Crippen LogP contribution in [-0.4, -0.2) is 13.1 Å². The fraction of sp³-hybridized carbons (Fsp3) is 0.800. The SMILES string of the molecule is CCCC(C)C(CC#N)C(=O)OC. The summed E-state index contributed by atoms with van der Waals surface area (Å²) in [6.07, 6.45) is 2.25. The van der Waals surface area contributed by atoms with Crippen LogP contribution in [0.25, 0.3) is 0 Å². The second-order valence-corrected chi connectivity index (χ2v) is 3.26. The molecule has 0 aromatic rings. The Morgan fingerprint density at radius 1 is 1.62 bits per heavy atom. The van der Waals surface area contributed by atoms with E-state index < -0.39 is 0 Å². The summed E-state index contributed by atoms with van der Waals surface area (Å²) in [5.74, 6) is -0.283. The van der Waals surface area contributed by atoms with Crippen LogP contribution < -0.4 is 0 Å². The summed E-state index contributed by atoms with van der Waals surface area (Å²) in [5.41, 5.74) is 0. The van der Waals surface area contributed by atoms with Crippen LogP contribution in [0.2, 0.25) is 0 Å². The van der Waals surface area contributed by atoms with E-state index >= 15 is 0 Å². The molecule has 0 aromatic carbocycles. The van der Waals surface area contributed by atoms with Gasteiger partial charge in [0.2, 0.25) is 0 Å². The van der Waals surface area contributed by atoms with Gasteiger partial charge in [0, 0.05) is 6.42 Å². The van der Waals surface area contributed by atoms with Crippen LogP contribution in [0.4, 0.5) is 0 Å². The molecule has 3 nitrogen and oxygen atoms in total. The maximum Gasteiger partial charge on any atom is 0.309 e. The van der Waals surface area contributed by atoms with Crippen LogP contribution in [0.5, 0.6) is 0 Å². The molecule has 0 heterocycles. The van der Waals surface area contributed by atoms with Gasteiger partial charge in [-0.1, -0.05) is 26.7 Å². The first-order valence-corrected chi connectivity index (χ1v) is 4.62. The van der Waals surface area contributed by atoms with Crippen molar-refractivity contribution in [3.8, 4) is 6.07 Å². The molecule has 0 aliphatic carbocycles. The number of carbonyl (C=O) groups is 1. The van der Waals surface area contributed by atoms with E-state index in [9.17, 15) is 4.79 Å². The van der Waals surface area contributed by atoms with Gasteiger partial charge >= 0.3 is 5.97 Å². The zero-order chi connectivity index (χ0) is 10.3. The highest BCUT2D eigenvalue weighted by molar-refractivity contribution is 5.72. The van der Waals surface area contributed by atoms with Gasteiger partial charge in [-0.25, -0.2) is 0 Å². The van der Waals surface area contributed by atoms with Gasteiger partial charge in [-0.15, -0.1) is 0 Å². The van der Waals surface area contributed by atoms with E-state index in [1.54, 1.807) is 0 Å². The van der Waals surface area contributed by atoms with Crippen molar-refractivity contribution >= 4 is 5.97 Å². The molecule has 0 radical (unpaired) electrons. The number of hydrogen-bond acceptors (Lipinski definition) is 3.